The second-order valence-electron chi connectivity index (χ2n) is 12.4. The Balaban J connectivity index is 1.66. The van der Waals surface area contributed by atoms with Crippen LogP contribution in [0.5, 0.6) is 0 Å². The lowest BCUT2D eigenvalue weighted by atomic mass is 9.96. The molecule has 37 heavy (non-hydrogen) atoms. The minimum absolute atomic E-state index is 0.327. The van der Waals surface area contributed by atoms with Gasteiger partial charge in [-0.3, -0.25) is 0 Å². The van der Waals surface area contributed by atoms with Crippen LogP contribution in [0.2, 0.25) is 51.4 Å². The van der Waals surface area contributed by atoms with Gasteiger partial charge in [-0.2, -0.15) is 14.6 Å². The first-order valence-corrected chi connectivity index (χ1v) is 20.8. The highest BCUT2D eigenvalue weighted by molar-refractivity contribution is 6.76. The molecule has 10 nitrogen and oxygen atoms in total. The molecule has 4 heterocycles. The van der Waals surface area contributed by atoms with Crippen molar-refractivity contribution in [2.24, 2.45) is 0 Å². The Labute approximate surface area is 222 Å². The third-order valence-electron chi connectivity index (χ3n) is 6.60. The third-order valence-corrected chi connectivity index (χ3v) is 10.0. The van der Waals surface area contributed by atoms with Gasteiger partial charge in [0.05, 0.1) is 17.5 Å². The van der Waals surface area contributed by atoms with Gasteiger partial charge in [-0.1, -0.05) is 44.4 Å². The fourth-order valence-corrected chi connectivity index (χ4v) is 5.74. The van der Waals surface area contributed by atoms with E-state index < -0.39 is 16.1 Å². The molecule has 1 saturated heterocycles. The molecule has 3 aromatic heterocycles. The highest BCUT2D eigenvalue weighted by Crippen LogP contribution is 2.30. The largest absolute Gasteiger partial charge is 0.361 e. The maximum atomic E-state index is 6.21. The highest BCUT2D eigenvalue weighted by atomic mass is 28.3. The first-order chi connectivity index (χ1) is 17.6. The molecule has 1 aliphatic heterocycles. The van der Waals surface area contributed by atoms with Crippen molar-refractivity contribution in [3.8, 4) is 11.4 Å². The molecular weight excluding hydrogens is 502 g/mol. The van der Waals surface area contributed by atoms with Gasteiger partial charge in [-0.05, 0) is 31.5 Å². The molecule has 0 aromatic carbocycles. The molecule has 1 N–H and O–H groups in total. The van der Waals surface area contributed by atoms with E-state index in [1.54, 1.807) is 6.20 Å². The molecular formula is C25H43N7O3Si2. The van der Waals surface area contributed by atoms with Crippen LogP contribution in [0.25, 0.3) is 17.0 Å². The van der Waals surface area contributed by atoms with E-state index in [1.165, 1.54) is 6.39 Å². The molecule has 0 aliphatic carbocycles. The van der Waals surface area contributed by atoms with Gasteiger partial charge in [0.25, 0.3) is 0 Å². The van der Waals surface area contributed by atoms with E-state index in [-0.39, 0.29) is 0 Å². The van der Waals surface area contributed by atoms with Crippen LogP contribution in [0.1, 0.15) is 24.5 Å². The molecule has 1 fully saturated rings. The molecule has 204 valence electrons. The Morgan fingerprint density at radius 1 is 1.08 bits per heavy atom. The van der Waals surface area contributed by atoms with E-state index in [0.29, 0.717) is 30.9 Å². The van der Waals surface area contributed by atoms with E-state index in [1.807, 2.05) is 4.52 Å². The fourth-order valence-electron chi connectivity index (χ4n) is 4.23. The number of nitrogens with zero attached hydrogens (tertiary/aromatic N) is 6. The lowest BCUT2D eigenvalue weighted by Crippen LogP contribution is -2.34. The molecule has 0 radical (unpaired) electrons. The quantitative estimate of drug-likeness (QED) is 0.186. The lowest BCUT2D eigenvalue weighted by Gasteiger charge is -2.28. The van der Waals surface area contributed by atoms with Gasteiger partial charge in [-0.15, -0.1) is 0 Å². The van der Waals surface area contributed by atoms with Crippen LogP contribution < -0.4 is 10.2 Å². The molecule has 1 unspecified atom stereocenters. The summed E-state index contributed by atoms with van der Waals surface area (Å²) < 4.78 is 19.3. The molecule has 1 atom stereocenters. The summed E-state index contributed by atoms with van der Waals surface area (Å²) >= 11 is 0. The predicted octanol–water partition coefficient (Wildman–Crippen LogP) is 4.68. The minimum Gasteiger partial charge on any atom is -0.361 e. The highest BCUT2D eigenvalue weighted by Gasteiger charge is 2.24. The van der Waals surface area contributed by atoms with E-state index in [4.69, 9.17) is 24.1 Å². The summed E-state index contributed by atoms with van der Waals surface area (Å²) in [7, 11) is -2.38. The number of hydrogen-bond acceptors (Lipinski definition) is 9. The number of rotatable bonds is 13. The summed E-state index contributed by atoms with van der Waals surface area (Å²) in [5.74, 6) is 1.71. The minimum atomic E-state index is -1.19. The van der Waals surface area contributed by atoms with E-state index in [9.17, 15) is 0 Å². The van der Waals surface area contributed by atoms with Crippen molar-refractivity contribution >= 4 is 27.6 Å². The number of ether oxygens (including phenoxy) is 2. The molecule has 3 aromatic rings. The maximum absolute atomic E-state index is 6.21. The standard InChI is InChI=1S/C25H43N7O3Si2/c1-36(2,3)12-10-33-18-31(19-34-11-13-37(4,5)6)23-14-22(20-8-7-9-26-15-20)29-25-21(16-28-32(23)25)24-27-17-35-30-24/h14,16-17,20,26H,7-13,15,18-19H2,1-6H3. The number of nitrogens with one attached hydrogen (secondary N) is 1. The van der Waals surface area contributed by atoms with Crippen LogP contribution in [-0.2, 0) is 9.47 Å². The Hall–Kier alpha value is -2.13. The van der Waals surface area contributed by atoms with E-state index in [2.05, 4.69) is 65.7 Å². The molecule has 0 bridgehead atoms. The second-order valence-corrected chi connectivity index (χ2v) is 23.6. The van der Waals surface area contributed by atoms with Gasteiger partial charge in [0, 0.05) is 47.9 Å². The number of hydrogen-bond donors (Lipinski definition) is 1. The van der Waals surface area contributed by atoms with Crippen LogP contribution >= 0.6 is 0 Å². The zero-order chi connectivity index (χ0) is 26.5. The van der Waals surface area contributed by atoms with Crippen molar-refractivity contribution < 1.29 is 14.0 Å². The normalized spacial score (nSPS) is 17.0. The lowest BCUT2D eigenvalue weighted by molar-refractivity contribution is 0.0942. The Morgan fingerprint density at radius 2 is 1.78 bits per heavy atom. The van der Waals surface area contributed by atoms with Crippen LogP contribution in [0, 0.1) is 0 Å². The van der Waals surface area contributed by atoms with Gasteiger partial charge in [0.2, 0.25) is 12.2 Å². The van der Waals surface area contributed by atoms with Gasteiger partial charge in [0.15, 0.2) is 5.65 Å². The van der Waals surface area contributed by atoms with E-state index >= 15 is 0 Å². The SMILES string of the molecule is C[Si](C)(C)CCOCN(COCC[Si](C)(C)C)c1cc(C2CCCNC2)nc2c(-c3ncon3)cnn12. The van der Waals surface area contributed by atoms with Crippen molar-refractivity contribution in [3.63, 3.8) is 0 Å². The molecule has 0 saturated carbocycles. The van der Waals surface area contributed by atoms with Crippen molar-refractivity contribution in [3.05, 3.63) is 24.4 Å². The summed E-state index contributed by atoms with van der Waals surface area (Å²) in [6.07, 6.45) is 5.32. The average molecular weight is 546 g/mol. The number of anilines is 1. The van der Waals surface area contributed by atoms with Crippen LogP contribution in [0.3, 0.4) is 0 Å². The molecule has 0 spiro atoms. The van der Waals surface area contributed by atoms with Crippen molar-refractivity contribution in [2.45, 2.75) is 70.1 Å². The smallest absolute Gasteiger partial charge is 0.214 e. The summed E-state index contributed by atoms with van der Waals surface area (Å²) in [6, 6.07) is 4.39. The van der Waals surface area contributed by atoms with Gasteiger partial charge in [-0.25, -0.2) is 4.98 Å². The van der Waals surface area contributed by atoms with Crippen LogP contribution in [0.4, 0.5) is 5.82 Å². The predicted molar refractivity (Wildman–Crippen MR) is 152 cm³/mol. The van der Waals surface area contributed by atoms with Gasteiger partial charge < -0.3 is 24.2 Å². The van der Waals surface area contributed by atoms with Crippen LogP contribution in [0.15, 0.2) is 23.2 Å². The molecule has 1 aliphatic rings. The van der Waals surface area contributed by atoms with Crippen molar-refractivity contribution in [2.75, 3.05) is 44.7 Å². The summed E-state index contributed by atoms with van der Waals surface area (Å²) in [4.78, 5) is 11.4. The first-order valence-electron chi connectivity index (χ1n) is 13.4. The Morgan fingerprint density at radius 3 is 2.35 bits per heavy atom. The monoisotopic (exact) mass is 545 g/mol. The van der Waals surface area contributed by atoms with Gasteiger partial charge in [0.1, 0.15) is 19.3 Å². The zero-order valence-electron chi connectivity index (χ0n) is 23.3. The van der Waals surface area contributed by atoms with Crippen LogP contribution in [-0.4, -0.2) is 80.7 Å². The Bertz CT molecular complexity index is 1100. The number of fused-ring (bicyclic) bond motifs is 1. The van der Waals surface area contributed by atoms with Gasteiger partial charge >= 0.3 is 0 Å². The maximum Gasteiger partial charge on any atom is 0.214 e. The molecule has 4 rings (SSSR count). The van der Waals surface area contributed by atoms with Crippen molar-refractivity contribution in [1.82, 2.24) is 30.1 Å². The van der Waals surface area contributed by atoms with Crippen molar-refractivity contribution in [1.29, 1.82) is 0 Å². The van der Waals surface area contributed by atoms with E-state index in [0.717, 1.165) is 68.3 Å². The zero-order valence-corrected chi connectivity index (χ0v) is 25.3. The summed E-state index contributed by atoms with van der Waals surface area (Å²) in [6.45, 7) is 18.5. The second kappa shape index (κ2) is 12.2. The summed E-state index contributed by atoms with van der Waals surface area (Å²) in [5.41, 5.74) is 2.50. The number of aromatic nitrogens is 5. The Kier molecular flexibility index (Phi) is 9.17. The molecule has 0 amide bonds. The first kappa shape index (κ1) is 27.9. The number of piperidine rings is 1. The third kappa shape index (κ3) is 7.93. The average Bonchev–Trinajstić information content (AvgIpc) is 3.51. The molecule has 12 heteroatoms. The topological polar surface area (TPSA) is 103 Å². The summed E-state index contributed by atoms with van der Waals surface area (Å²) in [5, 5.41) is 12.3. The fraction of sp³-hybridized carbons (Fsp3) is 0.680.